The number of esters is 1. The van der Waals surface area contributed by atoms with Crippen LogP contribution in [0.1, 0.15) is 38.8 Å². The van der Waals surface area contributed by atoms with E-state index in [0.29, 0.717) is 21.2 Å². The molecule has 21 heavy (non-hydrogen) atoms. The van der Waals surface area contributed by atoms with E-state index in [4.69, 9.17) is 0 Å². The van der Waals surface area contributed by atoms with E-state index in [-0.39, 0.29) is 5.78 Å². The zero-order chi connectivity index (χ0) is 15.4. The van der Waals surface area contributed by atoms with Crippen LogP contribution in [0.4, 0.5) is 0 Å². The van der Waals surface area contributed by atoms with Gasteiger partial charge >= 0.3 is 5.97 Å². The molecule has 0 aliphatic heterocycles. The number of carbonyl (C=O) groups is 2. The Morgan fingerprint density at radius 2 is 1.67 bits per heavy atom. The van der Waals surface area contributed by atoms with Gasteiger partial charge in [0.05, 0.1) is 12.7 Å². The molecule has 108 valence electrons. The van der Waals surface area contributed by atoms with Gasteiger partial charge in [-0.25, -0.2) is 4.79 Å². The number of benzene rings is 2. The molecule has 0 radical (unpaired) electrons. The minimum Gasteiger partial charge on any atom is -0.465 e. The third-order valence-electron chi connectivity index (χ3n) is 3.26. The first-order valence-electron chi connectivity index (χ1n) is 6.58. The summed E-state index contributed by atoms with van der Waals surface area (Å²) < 4.78 is 5.22. The maximum absolute atomic E-state index is 12.4. The lowest BCUT2D eigenvalue weighted by Gasteiger charge is -2.06. The van der Waals surface area contributed by atoms with Crippen LogP contribution in [-0.2, 0) is 11.2 Å². The quantitative estimate of drug-likeness (QED) is 0.620. The Bertz CT molecular complexity index is 675. The average molecular weight is 347 g/mol. The minimum atomic E-state index is -0.437. The van der Waals surface area contributed by atoms with Gasteiger partial charge in [0, 0.05) is 15.6 Å². The highest BCUT2D eigenvalue weighted by atomic mass is 79.9. The Morgan fingerprint density at radius 3 is 2.19 bits per heavy atom. The number of carbonyl (C=O) groups excluding carboxylic acids is 2. The Labute approximate surface area is 132 Å². The van der Waals surface area contributed by atoms with Crippen molar-refractivity contribution in [1.29, 1.82) is 0 Å². The lowest BCUT2D eigenvalue weighted by atomic mass is 10.0. The molecule has 2 aromatic carbocycles. The molecule has 0 saturated heterocycles. The Morgan fingerprint density at radius 1 is 1.05 bits per heavy atom. The largest absolute Gasteiger partial charge is 0.465 e. The van der Waals surface area contributed by atoms with Crippen LogP contribution in [-0.4, -0.2) is 18.9 Å². The Balaban J connectivity index is 2.30. The lowest BCUT2D eigenvalue weighted by molar-refractivity contribution is 0.0599. The number of hydrogen-bond acceptors (Lipinski definition) is 3. The zero-order valence-electron chi connectivity index (χ0n) is 11.9. The van der Waals surface area contributed by atoms with Crippen molar-refractivity contribution in [2.24, 2.45) is 0 Å². The van der Waals surface area contributed by atoms with Crippen molar-refractivity contribution >= 4 is 27.7 Å². The topological polar surface area (TPSA) is 43.4 Å². The molecule has 0 atom stereocenters. The summed E-state index contributed by atoms with van der Waals surface area (Å²) in [5.74, 6) is -0.511. The SMILES string of the molecule is CCc1ccc(C(=O)c2ccc(C(=O)OC)c(Br)c2)cc1. The van der Waals surface area contributed by atoms with Gasteiger partial charge in [0.1, 0.15) is 0 Å². The van der Waals surface area contributed by atoms with Crippen LogP contribution in [0.15, 0.2) is 46.9 Å². The molecule has 0 amide bonds. The predicted octanol–water partition coefficient (Wildman–Crippen LogP) is 4.03. The van der Waals surface area contributed by atoms with E-state index in [9.17, 15) is 9.59 Å². The fourth-order valence-corrected chi connectivity index (χ4v) is 2.53. The van der Waals surface area contributed by atoms with E-state index in [1.807, 2.05) is 24.3 Å². The van der Waals surface area contributed by atoms with Crippen LogP contribution >= 0.6 is 15.9 Å². The molecule has 2 aromatic rings. The van der Waals surface area contributed by atoms with Gasteiger partial charge < -0.3 is 4.74 Å². The van der Waals surface area contributed by atoms with Crippen molar-refractivity contribution in [3.8, 4) is 0 Å². The zero-order valence-corrected chi connectivity index (χ0v) is 13.4. The van der Waals surface area contributed by atoms with Crippen molar-refractivity contribution < 1.29 is 14.3 Å². The van der Waals surface area contributed by atoms with E-state index in [1.165, 1.54) is 12.7 Å². The number of halogens is 1. The van der Waals surface area contributed by atoms with Gasteiger partial charge in [-0.1, -0.05) is 37.3 Å². The van der Waals surface area contributed by atoms with E-state index in [2.05, 4.69) is 27.6 Å². The number of aryl methyl sites for hydroxylation is 1. The van der Waals surface area contributed by atoms with Crippen molar-refractivity contribution in [3.63, 3.8) is 0 Å². The van der Waals surface area contributed by atoms with E-state index in [1.54, 1.807) is 18.2 Å². The van der Waals surface area contributed by atoms with Gasteiger partial charge in [0.25, 0.3) is 0 Å². The second-order valence-electron chi connectivity index (χ2n) is 4.57. The van der Waals surface area contributed by atoms with Gasteiger partial charge in [-0.3, -0.25) is 4.79 Å². The van der Waals surface area contributed by atoms with Crippen molar-refractivity contribution in [2.75, 3.05) is 7.11 Å². The second-order valence-corrected chi connectivity index (χ2v) is 5.42. The first-order valence-corrected chi connectivity index (χ1v) is 7.37. The average Bonchev–Trinajstić information content (AvgIpc) is 2.53. The molecule has 0 N–H and O–H groups in total. The van der Waals surface area contributed by atoms with Crippen LogP contribution in [0.25, 0.3) is 0 Å². The second kappa shape index (κ2) is 6.68. The van der Waals surface area contributed by atoms with E-state index < -0.39 is 5.97 Å². The van der Waals surface area contributed by atoms with Gasteiger partial charge in [-0.15, -0.1) is 0 Å². The highest BCUT2D eigenvalue weighted by molar-refractivity contribution is 9.10. The van der Waals surface area contributed by atoms with Gasteiger partial charge in [0.15, 0.2) is 5.78 Å². The molecule has 0 heterocycles. The van der Waals surface area contributed by atoms with Crippen LogP contribution in [0.5, 0.6) is 0 Å². The van der Waals surface area contributed by atoms with Crippen LogP contribution in [0.3, 0.4) is 0 Å². The molecule has 0 saturated carbocycles. The maximum Gasteiger partial charge on any atom is 0.339 e. The summed E-state index contributed by atoms with van der Waals surface area (Å²) in [6, 6.07) is 12.4. The fourth-order valence-electron chi connectivity index (χ4n) is 1.99. The molecule has 0 bridgehead atoms. The molecule has 0 aromatic heterocycles. The normalized spacial score (nSPS) is 10.2. The predicted molar refractivity (Wildman–Crippen MR) is 84.7 cm³/mol. The van der Waals surface area contributed by atoms with Gasteiger partial charge in [0.2, 0.25) is 0 Å². The van der Waals surface area contributed by atoms with Crippen LogP contribution in [0, 0.1) is 0 Å². The molecular weight excluding hydrogens is 332 g/mol. The smallest absolute Gasteiger partial charge is 0.339 e. The van der Waals surface area contributed by atoms with Crippen molar-refractivity contribution in [1.82, 2.24) is 0 Å². The molecule has 0 fully saturated rings. The fraction of sp³-hybridized carbons (Fsp3) is 0.176. The number of rotatable bonds is 4. The number of hydrogen-bond donors (Lipinski definition) is 0. The Hall–Kier alpha value is -1.94. The molecule has 0 spiro atoms. The van der Waals surface area contributed by atoms with E-state index >= 15 is 0 Å². The van der Waals surface area contributed by atoms with Crippen LogP contribution in [0.2, 0.25) is 0 Å². The summed E-state index contributed by atoms with van der Waals surface area (Å²) in [5, 5.41) is 0. The summed E-state index contributed by atoms with van der Waals surface area (Å²) in [5.41, 5.74) is 2.74. The maximum atomic E-state index is 12.4. The summed E-state index contributed by atoms with van der Waals surface area (Å²) in [6.45, 7) is 2.07. The summed E-state index contributed by atoms with van der Waals surface area (Å²) in [7, 11) is 1.32. The third kappa shape index (κ3) is 3.39. The highest BCUT2D eigenvalue weighted by Crippen LogP contribution is 2.21. The van der Waals surface area contributed by atoms with Gasteiger partial charge in [-0.2, -0.15) is 0 Å². The third-order valence-corrected chi connectivity index (χ3v) is 3.92. The Kier molecular flexibility index (Phi) is 4.91. The van der Waals surface area contributed by atoms with E-state index in [0.717, 1.165) is 6.42 Å². The molecule has 2 rings (SSSR count). The molecule has 0 aliphatic carbocycles. The van der Waals surface area contributed by atoms with Crippen molar-refractivity contribution in [3.05, 3.63) is 69.2 Å². The van der Waals surface area contributed by atoms with Crippen molar-refractivity contribution in [2.45, 2.75) is 13.3 Å². The summed E-state index contributed by atoms with van der Waals surface area (Å²) >= 11 is 3.30. The molecule has 0 aliphatic rings. The van der Waals surface area contributed by atoms with Crippen LogP contribution < -0.4 is 0 Å². The summed E-state index contributed by atoms with van der Waals surface area (Å²) in [6.07, 6.45) is 0.938. The van der Waals surface area contributed by atoms with Gasteiger partial charge in [-0.05, 0) is 40.0 Å². The molecular formula is C17H15BrO3. The monoisotopic (exact) mass is 346 g/mol. The minimum absolute atomic E-state index is 0.0743. The highest BCUT2D eigenvalue weighted by Gasteiger charge is 2.14. The molecule has 3 nitrogen and oxygen atoms in total. The molecule has 4 heteroatoms. The first kappa shape index (κ1) is 15.4. The summed E-state index contributed by atoms with van der Waals surface area (Å²) in [4.78, 5) is 23.9. The number of ether oxygens (including phenoxy) is 1. The molecule has 0 unspecified atom stereocenters. The number of methoxy groups -OCH3 is 1. The lowest BCUT2D eigenvalue weighted by Crippen LogP contribution is -2.06. The standard InChI is InChI=1S/C17H15BrO3/c1-3-11-4-6-12(7-5-11)16(19)13-8-9-14(15(18)10-13)17(20)21-2/h4-10H,3H2,1-2H3. The number of ketones is 1. The first-order chi connectivity index (χ1) is 10.1.